The molecule has 1 N–H and O–H groups in total. The first kappa shape index (κ1) is 15.6. The fourth-order valence-corrected chi connectivity index (χ4v) is 2.95. The standard InChI is InChI=1S/C16H21N3OS/c1-4-17-15(20)11-21-16-18-9-10-19(16)14-8-6-5-7-13(14)12(2)3/h5-10,12H,4,11H2,1-3H3,(H,17,20). The lowest BCUT2D eigenvalue weighted by Gasteiger charge is -2.15. The maximum Gasteiger partial charge on any atom is 0.230 e. The lowest BCUT2D eigenvalue weighted by Crippen LogP contribution is -2.24. The molecule has 1 aromatic heterocycles. The zero-order valence-corrected chi connectivity index (χ0v) is 13.5. The molecule has 0 spiro atoms. The number of hydrogen-bond donors (Lipinski definition) is 1. The van der Waals surface area contributed by atoms with E-state index in [1.165, 1.54) is 17.3 Å². The molecule has 2 rings (SSSR count). The Labute approximate surface area is 130 Å². The van der Waals surface area contributed by atoms with Crippen molar-refractivity contribution in [2.45, 2.75) is 31.8 Å². The van der Waals surface area contributed by atoms with Crippen molar-refractivity contribution in [2.75, 3.05) is 12.3 Å². The normalized spacial score (nSPS) is 10.9. The van der Waals surface area contributed by atoms with Crippen LogP contribution in [-0.2, 0) is 4.79 Å². The third kappa shape index (κ3) is 3.88. The van der Waals surface area contributed by atoms with Gasteiger partial charge >= 0.3 is 0 Å². The van der Waals surface area contributed by atoms with Crippen LogP contribution in [0.2, 0.25) is 0 Å². The minimum Gasteiger partial charge on any atom is -0.356 e. The maximum absolute atomic E-state index is 11.6. The van der Waals surface area contributed by atoms with Crippen LogP contribution in [0.5, 0.6) is 0 Å². The van der Waals surface area contributed by atoms with Crippen molar-refractivity contribution >= 4 is 17.7 Å². The summed E-state index contributed by atoms with van der Waals surface area (Å²) in [6.45, 7) is 6.93. The predicted octanol–water partition coefficient (Wildman–Crippen LogP) is 3.22. The second kappa shape index (κ2) is 7.31. The summed E-state index contributed by atoms with van der Waals surface area (Å²) in [5.74, 6) is 0.855. The highest BCUT2D eigenvalue weighted by atomic mass is 32.2. The number of thioether (sulfide) groups is 1. The van der Waals surface area contributed by atoms with Gasteiger partial charge in [0.05, 0.1) is 11.4 Å². The minimum absolute atomic E-state index is 0.0363. The second-order valence-electron chi connectivity index (χ2n) is 5.04. The molecule has 0 atom stereocenters. The van der Waals surface area contributed by atoms with Gasteiger partial charge in [-0.3, -0.25) is 9.36 Å². The molecule has 0 saturated carbocycles. The van der Waals surface area contributed by atoms with Crippen molar-refractivity contribution in [1.29, 1.82) is 0 Å². The van der Waals surface area contributed by atoms with Crippen molar-refractivity contribution in [3.63, 3.8) is 0 Å². The SMILES string of the molecule is CCNC(=O)CSc1nccn1-c1ccccc1C(C)C. The van der Waals surface area contributed by atoms with Gasteiger partial charge in [0.25, 0.3) is 0 Å². The van der Waals surface area contributed by atoms with E-state index in [4.69, 9.17) is 0 Å². The Morgan fingerprint density at radius 3 is 2.86 bits per heavy atom. The van der Waals surface area contributed by atoms with E-state index in [-0.39, 0.29) is 5.91 Å². The minimum atomic E-state index is 0.0363. The maximum atomic E-state index is 11.6. The van der Waals surface area contributed by atoms with Crippen molar-refractivity contribution in [3.05, 3.63) is 42.2 Å². The van der Waals surface area contributed by atoms with Crippen LogP contribution in [-0.4, -0.2) is 27.8 Å². The first-order valence-electron chi connectivity index (χ1n) is 7.15. The Morgan fingerprint density at radius 2 is 2.14 bits per heavy atom. The zero-order chi connectivity index (χ0) is 15.2. The summed E-state index contributed by atoms with van der Waals surface area (Å²) < 4.78 is 2.05. The number of para-hydroxylation sites is 1. The molecule has 0 radical (unpaired) electrons. The molecule has 1 heterocycles. The van der Waals surface area contributed by atoms with E-state index in [9.17, 15) is 4.79 Å². The summed E-state index contributed by atoms with van der Waals surface area (Å²) >= 11 is 1.46. The molecule has 5 heteroatoms. The molecule has 0 saturated heterocycles. The number of carbonyl (C=O) groups is 1. The van der Waals surface area contributed by atoms with Crippen LogP contribution >= 0.6 is 11.8 Å². The first-order chi connectivity index (χ1) is 10.1. The smallest absolute Gasteiger partial charge is 0.230 e. The van der Waals surface area contributed by atoms with E-state index in [1.807, 2.05) is 19.2 Å². The Balaban J connectivity index is 2.23. The molecular formula is C16H21N3OS. The van der Waals surface area contributed by atoms with Gasteiger partial charge in [-0.15, -0.1) is 0 Å². The third-order valence-electron chi connectivity index (χ3n) is 3.13. The number of benzene rings is 1. The molecule has 0 bridgehead atoms. The van der Waals surface area contributed by atoms with Gasteiger partial charge in [-0.25, -0.2) is 4.98 Å². The highest BCUT2D eigenvalue weighted by Crippen LogP contribution is 2.26. The lowest BCUT2D eigenvalue weighted by atomic mass is 10.0. The van der Waals surface area contributed by atoms with Gasteiger partial charge < -0.3 is 5.32 Å². The van der Waals surface area contributed by atoms with E-state index in [0.717, 1.165) is 10.8 Å². The van der Waals surface area contributed by atoms with E-state index in [1.54, 1.807) is 6.20 Å². The molecule has 112 valence electrons. The number of rotatable bonds is 6. The average molecular weight is 303 g/mol. The van der Waals surface area contributed by atoms with Crippen molar-refractivity contribution < 1.29 is 4.79 Å². The van der Waals surface area contributed by atoms with Crippen LogP contribution in [0.1, 0.15) is 32.3 Å². The quantitative estimate of drug-likeness (QED) is 0.834. The molecule has 21 heavy (non-hydrogen) atoms. The Bertz CT molecular complexity index is 607. The van der Waals surface area contributed by atoms with Crippen LogP contribution in [0.3, 0.4) is 0 Å². The summed E-state index contributed by atoms with van der Waals surface area (Å²) in [6.07, 6.45) is 3.72. The summed E-state index contributed by atoms with van der Waals surface area (Å²) in [5, 5.41) is 3.64. The lowest BCUT2D eigenvalue weighted by molar-refractivity contribution is -0.118. The van der Waals surface area contributed by atoms with Gasteiger partial charge in [0.15, 0.2) is 5.16 Å². The molecule has 4 nitrogen and oxygen atoms in total. The van der Waals surface area contributed by atoms with Crippen molar-refractivity contribution in [1.82, 2.24) is 14.9 Å². The van der Waals surface area contributed by atoms with Crippen LogP contribution in [0, 0.1) is 0 Å². The molecule has 0 unspecified atom stereocenters. The molecule has 2 aromatic rings. The average Bonchev–Trinajstić information content (AvgIpc) is 2.93. The molecule has 0 aliphatic rings. The topological polar surface area (TPSA) is 46.9 Å². The Hall–Kier alpha value is -1.75. The first-order valence-corrected chi connectivity index (χ1v) is 8.14. The van der Waals surface area contributed by atoms with E-state index in [2.05, 4.69) is 46.9 Å². The van der Waals surface area contributed by atoms with Crippen LogP contribution in [0.15, 0.2) is 41.8 Å². The second-order valence-corrected chi connectivity index (χ2v) is 5.98. The van der Waals surface area contributed by atoms with Crippen molar-refractivity contribution in [2.24, 2.45) is 0 Å². The van der Waals surface area contributed by atoms with Gasteiger partial charge in [0.1, 0.15) is 0 Å². The van der Waals surface area contributed by atoms with E-state index >= 15 is 0 Å². The fourth-order valence-electron chi connectivity index (χ4n) is 2.15. The molecule has 0 aliphatic heterocycles. The number of nitrogens with one attached hydrogen (secondary N) is 1. The zero-order valence-electron chi connectivity index (χ0n) is 12.7. The Kier molecular flexibility index (Phi) is 5.44. The largest absolute Gasteiger partial charge is 0.356 e. The number of aromatic nitrogens is 2. The molecular weight excluding hydrogens is 282 g/mol. The molecule has 1 aromatic carbocycles. The number of hydrogen-bond acceptors (Lipinski definition) is 3. The molecule has 1 amide bonds. The van der Waals surface area contributed by atoms with Crippen LogP contribution in [0.25, 0.3) is 5.69 Å². The van der Waals surface area contributed by atoms with Gasteiger partial charge in [0, 0.05) is 18.9 Å². The van der Waals surface area contributed by atoms with Crippen LogP contribution in [0.4, 0.5) is 0 Å². The summed E-state index contributed by atoms with van der Waals surface area (Å²) in [6, 6.07) is 8.31. The monoisotopic (exact) mass is 303 g/mol. The Morgan fingerprint density at radius 1 is 1.38 bits per heavy atom. The molecule has 0 aliphatic carbocycles. The summed E-state index contributed by atoms with van der Waals surface area (Å²) in [4.78, 5) is 16.0. The summed E-state index contributed by atoms with van der Waals surface area (Å²) in [5.41, 5.74) is 2.40. The van der Waals surface area contributed by atoms with Crippen molar-refractivity contribution in [3.8, 4) is 5.69 Å². The van der Waals surface area contributed by atoms with E-state index < -0.39 is 0 Å². The number of amides is 1. The van der Waals surface area contributed by atoms with Gasteiger partial charge in [0.2, 0.25) is 5.91 Å². The molecule has 0 fully saturated rings. The van der Waals surface area contributed by atoms with Gasteiger partial charge in [-0.05, 0) is 24.5 Å². The highest BCUT2D eigenvalue weighted by molar-refractivity contribution is 7.99. The predicted molar refractivity (Wildman–Crippen MR) is 87.1 cm³/mol. The number of nitrogens with zero attached hydrogens (tertiary/aromatic N) is 2. The highest BCUT2D eigenvalue weighted by Gasteiger charge is 2.12. The fraction of sp³-hybridized carbons (Fsp3) is 0.375. The number of carbonyl (C=O) groups excluding carboxylic acids is 1. The number of imidazole rings is 1. The van der Waals surface area contributed by atoms with Gasteiger partial charge in [-0.1, -0.05) is 43.8 Å². The van der Waals surface area contributed by atoms with E-state index in [0.29, 0.717) is 18.2 Å². The summed E-state index contributed by atoms with van der Waals surface area (Å²) in [7, 11) is 0. The van der Waals surface area contributed by atoms with Gasteiger partial charge in [-0.2, -0.15) is 0 Å². The third-order valence-corrected chi connectivity index (χ3v) is 4.10. The van der Waals surface area contributed by atoms with Crippen LogP contribution < -0.4 is 5.32 Å².